The lowest BCUT2D eigenvalue weighted by Gasteiger charge is -2.31. The summed E-state index contributed by atoms with van der Waals surface area (Å²) in [6.45, 7) is 8.27. The van der Waals surface area contributed by atoms with E-state index in [1.54, 1.807) is 19.9 Å². The first-order valence-corrected chi connectivity index (χ1v) is 10.6. The van der Waals surface area contributed by atoms with Crippen molar-refractivity contribution < 1.29 is 17.8 Å². The molecule has 1 aromatic carbocycles. The van der Waals surface area contributed by atoms with E-state index < -0.39 is 10.0 Å². The molecule has 1 N–H and O–H groups in total. The number of aromatic nitrogens is 1. The second-order valence-electron chi connectivity index (χ2n) is 6.70. The zero-order valence-corrected chi connectivity index (χ0v) is 17.3. The predicted octanol–water partition coefficient (Wildman–Crippen LogP) is 2.00. The second-order valence-corrected chi connectivity index (χ2v) is 9.36. The van der Waals surface area contributed by atoms with Crippen molar-refractivity contribution in [2.45, 2.75) is 32.2 Å². The summed E-state index contributed by atoms with van der Waals surface area (Å²) in [5.74, 6) is 0.780. The van der Waals surface area contributed by atoms with E-state index in [0.717, 1.165) is 18.0 Å². The van der Waals surface area contributed by atoms with Crippen LogP contribution in [0, 0.1) is 20.8 Å². The molecule has 1 aliphatic rings. The fourth-order valence-electron chi connectivity index (χ4n) is 3.23. The SMILES string of the molecule is Cc1cc(C[NH+]2CCN(S(=O)(=O)c3c(C)c(Cl)cc(C)c3Cl)CC2)no1. The summed E-state index contributed by atoms with van der Waals surface area (Å²) in [5.41, 5.74) is 2.04. The molecule has 1 aliphatic heterocycles. The molecule has 2 heterocycles. The van der Waals surface area contributed by atoms with Crippen molar-refractivity contribution in [2.75, 3.05) is 26.2 Å². The Kier molecular flexibility index (Phi) is 5.65. The lowest BCUT2D eigenvalue weighted by molar-refractivity contribution is -0.917. The average Bonchev–Trinajstić information content (AvgIpc) is 2.98. The van der Waals surface area contributed by atoms with Crippen LogP contribution in [0.4, 0.5) is 0 Å². The minimum atomic E-state index is -3.69. The summed E-state index contributed by atoms with van der Waals surface area (Å²) in [7, 11) is -3.69. The van der Waals surface area contributed by atoms with E-state index in [0.29, 0.717) is 42.3 Å². The van der Waals surface area contributed by atoms with Crippen LogP contribution in [0.3, 0.4) is 0 Å². The van der Waals surface area contributed by atoms with Crippen LogP contribution in [0.2, 0.25) is 10.0 Å². The van der Waals surface area contributed by atoms with Gasteiger partial charge >= 0.3 is 0 Å². The largest absolute Gasteiger partial charge is 0.361 e. The molecule has 0 saturated carbocycles. The van der Waals surface area contributed by atoms with E-state index in [2.05, 4.69) is 5.16 Å². The third-order valence-corrected chi connectivity index (χ3v) is 7.79. The maximum Gasteiger partial charge on any atom is 0.245 e. The molecule has 2 aromatic rings. The van der Waals surface area contributed by atoms with Crippen molar-refractivity contribution >= 4 is 33.2 Å². The van der Waals surface area contributed by atoms with Gasteiger partial charge in [0.15, 0.2) is 0 Å². The molecule has 3 rings (SSSR count). The standard InChI is InChI=1S/C17H21Cl2N3O3S/c1-11-8-15(18)13(3)17(16(11)19)26(23,24)22-6-4-21(5-7-22)10-14-9-12(2)25-20-14/h8-9H,4-7,10H2,1-3H3/p+1. The number of piperazine rings is 1. The van der Waals surface area contributed by atoms with Crippen molar-refractivity contribution in [3.63, 3.8) is 0 Å². The highest BCUT2D eigenvalue weighted by molar-refractivity contribution is 7.89. The van der Waals surface area contributed by atoms with Gasteiger partial charge in [0.05, 0.1) is 31.2 Å². The third kappa shape index (κ3) is 3.77. The molecule has 0 unspecified atom stereocenters. The van der Waals surface area contributed by atoms with E-state index in [1.807, 2.05) is 13.0 Å². The van der Waals surface area contributed by atoms with Gasteiger partial charge < -0.3 is 9.42 Å². The van der Waals surface area contributed by atoms with Gasteiger partial charge in [0.1, 0.15) is 22.9 Å². The van der Waals surface area contributed by atoms with Crippen molar-refractivity contribution in [1.29, 1.82) is 0 Å². The zero-order chi connectivity index (χ0) is 19.1. The fourth-order valence-corrected chi connectivity index (χ4v) is 5.84. The van der Waals surface area contributed by atoms with E-state index in [-0.39, 0.29) is 9.92 Å². The Morgan fingerprint density at radius 1 is 1.19 bits per heavy atom. The van der Waals surface area contributed by atoms with Gasteiger partial charge in [-0.05, 0) is 38.0 Å². The molecule has 0 amide bonds. The van der Waals surface area contributed by atoms with Gasteiger partial charge in [-0.1, -0.05) is 28.4 Å². The van der Waals surface area contributed by atoms with Crippen LogP contribution in [0.5, 0.6) is 0 Å². The lowest BCUT2D eigenvalue weighted by atomic mass is 10.2. The van der Waals surface area contributed by atoms with Gasteiger partial charge in [0, 0.05) is 11.1 Å². The van der Waals surface area contributed by atoms with E-state index >= 15 is 0 Å². The second kappa shape index (κ2) is 7.48. The van der Waals surface area contributed by atoms with Crippen molar-refractivity contribution in [3.05, 3.63) is 44.8 Å². The molecule has 142 valence electrons. The molecule has 1 fully saturated rings. The van der Waals surface area contributed by atoms with Crippen LogP contribution < -0.4 is 4.90 Å². The molecule has 0 atom stereocenters. The molecule has 0 bridgehead atoms. The van der Waals surface area contributed by atoms with E-state index in [9.17, 15) is 8.42 Å². The third-order valence-electron chi connectivity index (χ3n) is 4.72. The molecule has 9 heteroatoms. The van der Waals surface area contributed by atoms with Crippen LogP contribution >= 0.6 is 23.2 Å². The maximum atomic E-state index is 13.1. The van der Waals surface area contributed by atoms with Crippen molar-refractivity contribution in [1.82, 2.24) is 9.46 Å². The van der Waals surface area contributed by atoms with E-state index in [4.69, 9.17) is 27.7 Å². The first kappa shape index (κ1) is 19.6. The first-order valence-electron chi connectivity index (χ1n) is 8.41. The van der Waals surface area contributed by atoms with Crippen molar-refractivity contribution in [2.24, 2.45) is 0 Å². The van der Waals surface area contributed by atoms with Gasteiger partial charge in [0.25, 0.3) is 0 Å². The number of sulfonamides is 1. The Hall–Kier alpha value is -1.12. The Morgan fingerprint density at radius 2 is 1.85 bits per heavy atom. The summed E-state index contributed by atoms with van der Waals surface area (Å²) in [5, 5.41) is 4.67. The Bertz CT molecular complexity index is 893. The molecule has 1 saturated heterocycles. The predicted molar refractivity (Wildman–Crippen MR) is 100 cm³/mol. The van der Waals surface area contributed by atoms with Crippen molar-refractivity contribution in [3.8, 4) is 0 Å². The zero-order valence-electron chi connectivity index (χ0n) is 15.0. The molecule has 0 aliphatic carbocycles. The number of halogens is 2. The summed E-state index contributed by atoms with van der Waals surface area (Å²) < 4.78 is 32.9. The topological polar surface area (TPSA) is 67.8 Å². The summed E-state index contributed by atoms with van der Waals surface area (Å²) in [6.07, 6.45) is 0. The van der Waals surface area contributed by atoms with Gasteiger partial charge in [-0.2, -0.15) is 4.31 Å². The van der Waals surface area contributed by atoms with Gasteiger partial charge in [-0.15, -0.1) is 0 Å². The normalized spacial score (nSPS) is 17.0. The van der Waals surface area contributed by atoms with Crippen LogP contribution in [-0.2, 0) is 16.6 Å². The average molecular weight is 419 g/mol. The fraction of sp³-hybridized carbons (Fsp3) is 0.471. The quantitative estimate of drug-likeness (QED) is 0.823. The molecule has 6 nitrogen and oxygen atoms in total. The lowest BCUT2D eigenvalue weighted by Crippen LogP contribution is -3.13. The molecular weight excluding hydrogens is 397 g/mol. The number of benzene rings is 1. The molecular formula is C17H22Cl2N3O3S+. The van der Waals surface area contributed by atoms with Crippen LogP contribution in [0.25, 0.3) is 0 Å². The molecule has 0 spiro atoms. The number of aryl methyl sites for hydroxylation is 2. The number of nitrogens with zero attached hydrogens (tertiary/aromatic N) is 2. The summed E-state index contributed by atoms with van der Waals surface area (Å²) >= 11 is 12.5. The molecule has 0 radical (unpaired) electrons. The highest BCUT2D eigenvalue weighted by atomic mass is 35.5. The van der Waals surface area contributed by atoms with Crippen LogP contribution in [0.1, 0.15) is 22.6 Å². The molecule has 1 aromatic heterocycles. The summed E-state index contributed by atoms with van der Waals surface area (Å²) in [6, 6.07) is 3.61. The Labute approximate surface area is 163 Å². The first-order chi connectivity index (χ1) is 12.2. The number of rotatable bonds is 4. The number of quaternary nitrogens is 1. The monoisotopic (exact) mass is 418 g/mol. The summed E-state index contributed by atoms with van der Waals surface area (Å²) in [4.78, 5) is 1.40. The molecule has 26 heavy (non-hydrogen) atoms. The maximum absolute atomic E-state index is 13.1. The van der Waals surface area contributed by atoms with Crippen LogP contribution in [0.15, 0.2) is 21.6 Å². The minimum Gasteiger partial charge on any atom is -0.361 e. The smallest absolute Gasteiger partial charge is 0.245 e. The van der Waals surface area contributed by atoms with Gasteiger partial charge in [0.2, 0.25) is 10.0 Å². The van der Waals surface area contributed by atoms with Gasteiger partial charge in [-0.3, -0.25) is 0 Å². The number of nitrogens with one attached hydrogen (secondary N) is 1. The van der Waals surface area contributed by atoms with E-state index in [1.165, 1.54) is 9.21 Å². The minimum absolute atomic E-state index is 0.125. The number of hydrogen-bond donors (Lipinski definition) is 1. The van der Waals surface area contributed by atoms with Gasteiger partial charge in [-0.25, -0.2) is 8.42 Å². The van der Waals surface area contributed by atoms with Crippen LogP contribution in [-0.4, -0.2) is 44.1 Å². The highest BCUT2D eigenvalue weighted by Crippen LogP contribution is 2.35. The Morgan fingerprint density at radius 3 is 2.42 bits per heavy atom. The highest BCUT2D eigenvalue weighted by Gasteiger charge is 2.34. The number of hydrogen-bond acceptors (Lipinski definition) is 4. The Balaban J connectivity index is 1.77.